The molecule has 1 aliphatic heterocycles. The Bertz CT molecular complexity index is 367. The van der Waals surface area contributed by atoms with E-state index in [4.69, 9.17) is 4.74 Å². The number of hydrogen-bond donors (Lipinski definition) is 1. The monoisotopic (exact) mass is 254 g/mol. The van der Waals surface area contributed by atoms with Crippen LogP contribution in [-0.2, 0) is 9.53 Å². The maximum Gasteiger partial charge on any atom is 0.236 e. The predicted molar refractivity (Wildman–Crippen MR) is 68.1 cm³/mol. The van der Waals surface area contributed by atoms with Gasteiger partial charge in [0.25, 0.3) is 0 Å². The number of hydrogen-bond acceptors (Lipinski definition) is 4. The molecule has 0 saturated carbocycles. The minimum absolute atomic E-state index is 0.0193. The van der Waals surface area contributed by atoms with Crippen LogP contribution in [-0.4, -0.2) is 43.6 Å². The summed E-state index contributed by atoms with van der Waals surface area (Å²) in [5, 5.41) is 7.03. The lowest BCUT2D eigenvalue weighted by Crippen LogP contribution is -2.48. The van der Waals surface area contributed by atoms with E-state index in [9.17, 15) is 4.79 Å². The number of morpholine rings is 1. The van der Waals surface area contributed by atoms with Crippen LogP contribution in [0.5, 0.6) is 0 Å². The number of ether oxygens (including phenoxy) is 1. The van der Waals surface area contributed by atoms with E-state index in [1.165, 1.54) is 5.56 Å². The van der Waals surface area contributed by atoms with Crippen molar-refractivity contribution in [3.05, 3.63) is 22.4 Å². The molecule has 4 nitrogen and oxygen atoms in total. The minimum atomic E-state index is 0.0193. The van der Waals surface area contributed by atoms with Crippen molar-refractivity contribution in [2.75, 3.05) is 26.7 Å². The maximum absolute atomic E-state index is 11.9. The van der Waals surface area contributed by atoms with Crippen LogP contribution in [0.3, 0.4) is 0 Å². The Balaban J connectivity index is 2.04. The Morgan fingerprint density at radius 3 is 3.12 bits per heavy atom. The lowest BCUT2D eigenvalue weighted by molar-refractivity contribution is -0.143. The van der Waals surface area contributed by atoms with Crippen molar-refractivity contribution in [3.63, 3.8) is 0 Å². The Morgan fingerprint density at radius 2 is 2.47 bits per heavy atom. The predicted octanol–water partition coefficient (Wildman–Crippen LogP) is 1.26. The first-order valence-electron chi connectivity index (χ1n) is 5.80. The van der Waals surface area contributed by atoms with Crippen LogP contribution in [0.4, 0.5) is 0 Å². The van der Waals surface area contributed by atoms with Gasteiger partial charge in [-0.3, -0.25) is 4.79 Å². The first kappa shape index (κ1) is 12.5. The summed E-state index contributed by atoms with van der Waals surface area (Å²) in [7, 11) is 1.79. The number of nitrogens with zero attached hydrogens (tertiary/aromatic N) is 1. The second kappa shape index (κ2) is 5.62. The second-order valence-electron chi connectivity index (χ2n) is 4.32. The number of thiophene rings is 1. The van der Waals surface area contributed by atoms with Crippen LogP contribution in [0.2, 0.25) is 0 Å². The fourth-order valence-corrected chi connectivity index (χ4v) is 2.76. The van der Waals surface area contributed by atoms with Crippen LogP contribution in [0.25, 0.3) is 0 Å². The summed E-state index contributed by atoms with van der Waals surface area (Å²) in [6.45, 7) is 3.74. The van der Waals surface area contributed by atoms with Crippen molar-refractivity contribution in [2.24, 2.45) is 0 Å². The number of rotatable bonds is 3. The lowest BCUT2D eigenvalue weighted by atomic mass is 10.1. The molecule has 1 amide bonds. The molecule has 2 heterocycles. The Morgan fingerprint density at radius 1 is 1.65 bits per heavy atom. The molecule has 0 unspecified atom stereocenters. The molecular formula is C12H18N2O2S. The zero-order valence-corrected chi connectivity index (χ0v) is 11.0. The van der Waals surface area contributed by atoms with Crippen LogP contribution in [0, 0.1) is 0 Å². The third-order valence-corrected chi connectivity index (χ3v) is 3.56. The Hall–Kier alpha value is -0.910. The van der Waals surface area contributed by atoms with Crippen molar-refractivity contribution < 1.29 is 9.53 Å². The van der Waals surface area contributed by atoms with Crippen LogP contribution in [0.15, 0.2) is 16.8 Å². The fourth-order valence-electron chi connectivity index (χ4n) is 2.06. The number of nitrogens with one attached hydrogen (secondary N) is 1. The summed E-state index contributed by atoms with van der Waals surface area (Å²) in [5.74, 6) is 0.142. The average molecular weight is 254 g/mol. The van der Waals surface area contributed by atoms with E-state index in [0.717, 1.165) is 0 Å². The minimum Gasteiger partial charge on any atom is -0.367 e. The van der Waals surface area contributed by atoms with E-state index in [2.05, 4.69) is 16.8 Å². The lowest BCUT2D eigenvalue weighted by Gasteiger charge is -2.36. The molecule has 0 spiro atoms. The highest BCUT2D eigenvalue weighted by molar-refractivity contribution is 7.07. The first-order chi connectivity index (χ1) is 8.20. The van der Waals surface area contributed by atoms with E-state index in [1.54, 1.807) is 18.4 Å². The van der Waals surface area contributed by atoms with E-state index in [1.807, 2.05) is 17.2 Å². The molecule has 0 radical (unpaired) electrons. The highest BCUT2D eigenvalue weighted by Gasteiger charge is 2.28. The second-order valence-corrected chi connectivity index (χ2v) is 5.10. The third kappa shape index (κ3) is 3.06. The van der Waals surface area contributed by atoms with Crippen molar-refractivity contribution in [3.8, 4) is 0 Å². The van der Waals surface area contributed by atoms with Gasteiger partial charge in [0.15, 0.2) is 0 Å². The quantitative estimate of drug-likeness (QED) is 0.883. The van der Waals surface area contributed by atoms with Gasteiger partial charge >= 0.3 is 0 Å². The summed E-state index contributed by atoms with van der Waals surface area (Å²) >= 11 is 1.66. The molecule has 5 heteroatoms. The molecule has 17 heavy (non-hydrogen) atoms. The molecule has 0 bridgehead atoms. The van der Waals surface area contributed by atoms with Crippen molar-refractivity contribution in [1.29, 1.82) is 0 Å². The Labute approximate surface area is 106 Å². The third-order valence-electron chi connectivity index (χ3n) is 2.86. The average Bonchev–Trinajstić information content (AvgIpc) is 2.82. The smallest absolute Gasteiger partial charge is 0.236 e. The Kier molecular flexibility index (Phi) is 4.15. The van der Waals surface area contributed by atoms with Gasteiger partial charge in [0, 0.05) is 6.54 Å². The van der Waals surface area contributed by atoms with Crippen molar-refractivity contribution in [2.45, 2.75) is 19.1 Å². The topological polar surface area (TPSA) is 41.6 Å². The SMILES string of the molecule is CNCC(=O)N1C[C@@H](C)O[C@H](c2ccsc2)C1. The molecule has 1 aromatic rings. The van der Waals surface area contributed by atoms with Gasteiger partial charge in [-0.1, -0.05) is 0 Å². The van der Waals surface area contributed by atoms with Crippen molar-refractivity contribution >= 4 is 17.2 Å². The van der Waals surface area contributed by atoms with E-state index >= 15 is 0 Å². The normalized spacial score (nSPS) is 24.9. The number of carbonyl (C=O) groups is 1. The summed E-state index contributed by atoms with van der Waals surface area (Å²) in [6, 6.07) is 2.06. The summed E-state index contributed by atoms with van der Waals surface area (Å²) < 4.78 is 5.88. The standard InChI is InChI=1S/C12H18N2O2S/c1-9-6-14(12(15)5-13-2)7-11(16-9)10-3-4-17-8-10/h3-4,8-9,11,13H,5-7H2,1-2H3/t9-,11+/m1/s1. The number of likely N-dealkylation sites (N-methyl/N-ethyl adjacent to an activating group) is 1. The summed E-state index contributed by atoms with van der Waals surface area (Å²) in [4.78, 5) is 13.8. The van der Waals surface area contributed by atoms with Gasteiger partial charge in [0.1, 0.15) is 6.10 Å². The molecule has 1 fully saturated rings. The van der Waals surface area contributed by atoms with Crippen LogP contribution >= 0.6 is 11.3 Å². The molecule has 94 valence electrons. The van der Waals surface area contributed by atoms with Crippen LogP contribution < -0.4 is 5.32 Å². The molecule has 1 saturated heterocycles. The van der Waals surface area contributed by atoms with Gasteiger partial charge in [-0.05, 0) is 36.4 Å². The van der Waals surface area contributed by atoms with Gasteiger partial charge in [-0.2, -0.15) is 11.3 Å². The van der Waals surface area contributed by atoms with Gasteiger partial charge in [-0.25, -0.2) is 0 Å². The van der Waals surface area contributed by atoms with Crippen molar-refractivity contribution in [1.82, 2.24) is 10.2 Å². The molecule has 0 aliphatic carbocycles. The molecule has 0 aromatic carbocycles. The van der Waals surface area contributed by atoms with Gasteiger partial charge in [-0.15, -0.1) is 0 Å². The molecule has 2 rings (SSSR count). The number of carbonyl (C=O) groups excluding carboxylic acids is 1. The van der Waals surface area contributed by atoms with E-state index < -0.39 is 0 Å². The van der Waals surface area contributed by atoms with Crippen LogP contribution in [0.1, 0.15) is 18.6 Å². The van der Waals surface area contributed by atoms with E-state index in [-0.39, 0.29) is 18.1 Å². The largest absolute Gasteiger partial charge is 0.367 e. The number of amides is 1. The first-order valence-corrected chi connectivity index (χ1v) is 6.75. The molecule has 1 aliphatic rings. The zero-order valence-electron chi connectivity index (χ0n) is 10.2. The highest BCUT2D eigenvalue weighted by Crippen LogP contribution is 2.26. The molecule has 1 N–H and O–H groups in total. The molecular weight excluding hydrogens is 236 g/mol. The summed E-state index contributed by atoms with van der Waals surface area (Å²) in [5.41, 5.74) is 1.17. The van der Waals surface area contributed by atoms with Gasteiger partial charge in [0.2, 0.25) is 5.91 Å². The summed E-state index contributed by atoms with van der Waals surface area (Å²) in [6.07, 6.45) is 0.111. The molecule has 2 atom stereocenters. The molecule has 1 aromatic heterocycles. The van der Waals surface area contributed by atoms with Gasteiger partial charge < -0.3 is 15.0 Å². The fraction of sp³-hybridized carbons (Fsp3) is 0.583. The van der Waals surface area contributed by atoms with Gasteiger partial charge in [0.05, 0.1) is 19.2 Å². The highest BCUT2D eigenvalue weighted by atomic mass is 32.1. The zero-order chi connectivity index (χ0) is 12.3. The van der Waals surface area contributed by atoms with E-state index in [0.29, 0.717) is 19.6 Å². The maximum atomic E-state index is 11.9.